The van der Waals surface area contributed by atoms with E-state index in [1.165, 1.54) is 19.2 Å². The summed E-state index contributed by atoms with van der Waals surface area (Å²) in [6.45, 7) is 1.86. The van der Waals surface area contributed by atoms with E-state index in [1.807, 2.05) is 25.1 Å². The average Bonchev–Trinajstić information content (AvgIpc) is 2.69. The van der Waals surface area contributed by atoms with Crippen LogP contribution in [0.5, 0.6) is 5.75 Å². The highest BCUT2D eigenvalue weighted by Crippen LogP contribution is 2.28. The Balaban J connectivity index is 1.76. The highest BCUT2D eigenvalue weighted by atomic mass is 127. The Bertz CT molecular complexity index is 1130. The van der Waals surface area contributed by atoms with Crippen molar-refractivity contribution in [3.05, 3.63) is 81.4 Å². The quantitative estimate of drug-likeness (QED) is 0.462. The molecule has 29 heavy (non-hydrogen) atoms. The van der Waals surface area contributed by atoms with Crippen LogP contribution < -0.4 is 14.8 Å². The zero-order chi connectivity index (χ0) is 21.0. The lowest BCUT2D eigenvalue weighted by molar-refractivity contribution is 0.102. The van der Waals surface area contributed by atoms with Gasteiger partial charge in [-0.2, -0.15) is 0 Å². The van der Waals surface area contributed by atoms with E-state index in [9.17, 15) is 13.2 Å². The van der Waals surface area contributed by atoms with Gasteiger partial charge in [-0.15, -0.1) is 0 Å². The first-order chi connectivity index (χ1) is 13.8. The first kappa shape index (κ1) is 21.1. The van der Waals surface area contributed by atoms with E-state index >= 15 is 0 Å². The average molecular weight is 522 g/mol. The summed E-state index contributed by atoms with van der Waals surface area (Å²) in [5, 5.41) is 2.76. The van der Waals surface area contributed by atoms with Crippen LogP contribution in [-0.2, 0) is 10.0 Å². The molecule has 6 nitrogen and oxygen atoms in total. The highest BCUT2D eigenvalue weighted by molar-refractivity contribution is 14.1. The van der Waals surface area contributed by atoms with Crippen molar-refractivity contribution in [1.82, 2.24) is 0 Å². The van der Waals surface area contributed by atoms with Crippen LogP contribution in [0.4, 0.5) is 11.4 Å². The van der Waals surface area contributed by atoms with E-state index < -0.39 is 10.0 Å². The molecule has 150 valence electrons. The summed E-state index contributed by atoms with van der Waals surface area (Å²) in [6.07, 6.45) is 0. The molecule has 0 saturated heterocycles. The van der Waals surface area contributed by atoms with Crippen LogP contribution in [0.25, 0.3) is 0 Å². The molecule has 3 aromatic carbocycles. The van der Waals surface area contributed by atoms with Crippen LogP contribution in [0, 0.1) is 10.5 Å². The zero-order valence-electron chi connectivity index (χ0n) is 15.8. The number of sulfonamides is 1. The van der Waals surface area contributed by atoms with E-state index in [2.05, 4.69) is 32.6 Å². The molecule has 3 aromatic rings. The fourth-order valence-electron chi connectivity index (χ4n) is 2.63. The molecular formula is C21H19IN2O4S. The summed E-state index contributed by atoms with van der Waals surface area (Å²) < 4.78 is 34.2. The lowest BCUT2D eigenvalue weighted by Gasteiger charge is -2.13. The number of methoxy groups -OCH3 is 1. The number of nitrogens with one attached hydrogen (secondary N) is 2. The summed E-state index contributed by atoms with van der Waals surface area (Å²) in [6, 6.07) is 18.4. The van der Waals surface area contributed by atoms with Crippen molar-refractivity contribution in [3.63, 3.8) is 0 Å². The van der Waals surface area contributed by atoms with Crippen LogP contribution in [0.15, 0.2) is 71.6 Å². The number of carbonyl (C=O) groups excluding carboxylic acids is 1. The van der Waals surface area contributed by atoms with E-state index in [1.54, 1.807) is 36.4 Å². The molecule has 3 rings (SSSR count). The molecule has 0 saturated carbocycles. The van der Waals surface area contributed by atoms with Crippen molar-refractivity contribution >= 4 is 49.9 Å². The summed E-state index contributed by atoms with van der Waals surface area (Å²) in [5.74, 6) is 0.167. The Labute approximate surface area is 183 Å². The Morgan fingerprint density at radius 1 is 0.966 bits per heavy atom. The summed E-state index contributed by atoms with van der Waals surface area (Å²) in [5.41, 5.74) is 2.29. The van der Waals surface area contributed by atoms with Crippen LogP contribution in [0.1, 0.15) is 15.9 Å². The van der Waals surface area contributed by atoms with Crippen LogP contribution >= 0.6 is 22.6 Å². The fourth-order valence-corrected chi connectivity index (χ4v) is 4.05. The first-order valence-electron chi connectivity index (χ1n) is 8.63. The molecule has 8 heteroatoms. The second-order valence-corrected chi connectivity index (χ2v) is 9.22. The lowest BCUT2D eigenvalue weighted by Crippen LogP contribution is -2.14. The standard InChI is InChI=1S/C21H19IN2O4S/c1-14-3-12-20(28-2)19(13-14)24-29(26,27)18-10-8-17(9-11-18)23-21(25)15-4-6-16(22)7-5-15/h3-13,24H,1-2H3,(H,23,25). The molecule has 0 heterocycles. The number of carbonyl (C=O) groups is 1. The fraction of sp³-hybridized carbons (Fsp3) is 0.0952. The molecule has 0 atom stereocenters. The van der Waals surface area contributed by atoms with Crippen molar-refractivity contribution in [2.24, 2.45) is 0 Å². The smallest absolute Gasteiger partial charge is 0.262 e. The minimum absolute atomic E-state index is 0.0772. The topological polar surface area (TPSA) is 84.5 Å². The molecule has 0 unspecified atom stereocenters. The van der Waals surface area contributed by atoms with Gasteiger partial charge < -0.3 is 10.1 Å². The number of anilines is 2. The monoisotopic (exact) mass is 522 g/mol. The van der Waals surface area contributed by atoms with Crippen molar-refractivity contribution < 1.29 is 17.9 Å². The molecule has 0 aliphatic heterocycles. The number of hydrogen-bond acceptors (Lipinski definition) is 4. The third-order valence-electron chi connectivity index (χ3n) is 4.13. The maximum absolute atomic E-state index is 12.7. The number of halogens is 1. The van der Waals surface area contributed by atoms with Crippen LogP contribution in [0.2, 0.25) is 0 Å². The minimum Gasteiger partial charge on any atom is -0.495 e. The van der Waals surface area contributed by atoms with Gasteiger partial charge in [-0.25, -0.2) is 8.42 Å². The van der Waals surface area contributed by atoms with Crippen molar-refractivity contribution in [1.29, 1.82) is 0 Å². The number of aryl methyl sites for hydroxylation is 1. The number of ether oxygens (including phenoxy) is 1. The van der Waals surface area contributed by atoms with E-state index in [0.717, 1.165) is 9.13 Å². The zero-order valence-corrected chi connectivity index (χ0v) is 18.7. The van der Waals surface area contributed by atoms with Crippen molar-refractivity contribution in [3.8, 4) is 5.75 Å². The van der Waals surface area contributed by atoms with Gasteiger partial charge in [0.1, 0.15) is 5.75 Å². The van der Waals surface area contributed by atoms with Gasteiger partial charge in [0.2, 0.25) is 0 Å². The molecule has 0 bridgehead atoms. The Morgan fingerprint density at radius 2 is 1.62 bits per heavy atom. The first-order valence-corrected chi connectivity index (χ1v) is 11.2. The van der Waals surface area contributed by atoms with Gasteiger partial charge in [0.25, 0.3) is 15.9 Å². The highest BCUT2D eigenvalue weighted by Gasteiger charge is 2.17. The van der Waals surface area contributed by atoms with E-state index in [0.29, 0.717) is 22.7 Å². The second-order valence-electron chi connectivity index (χ2n) is 6.29. The Morgan fingerprint density at radius 3 is 2.24 bits per heavy atom. The lowest BCUT2D eigenvalue weighted by atomic mass is 10.2. The van der Waals surface area contributed by atoms with Gasteiger partial charge in [-0.1, -0.05) is 6.07 Å². The molecule has 0 aromatic heterocycles. The number of benzene rings is 3. The van der Waals surface area contributed by atoms with Crippen LogP contribution in [0.3, 0.4) is 0 Å². The third kappa shape index (κ3) is 5.27. The third-order valence-corrected chi connectivity index (χ3v) is 6.23. The molecule has 0 radical (unpaired) electrons. The van der Waals surface area contributed by atoms with Gasteiger partial charge in [-0.05, 0) is 95.7 Å². The molecular weight excluding hydrogens is 503 g/mol. The minimum atomic E-state index is -3.81. The van der Waals surface area contributed by atoms with Crippen LogP contribution in [-0.4, -0.2) is 21.4 Å². The number of rotatable bonds is 6. The van der Waals surface area contributed by atoms with Gasteiger partial charge in [0.15, 0.2) is 0 Å². The summed E-state index contributed by atoms with van der Waals surface area (Å²) in [4.78, 5) is 12.4. The molecule has 2 N–H and O–H groups in total. The van der Waals surface area contributed by atoms with E-state index in [-0.39, 0.29) is 10.8 Å². The number of amides is 1. The molecule has 1 amide bonds. The molecule has 0 spiro atoms. The van der Waals surface area contributed by atoms with Gasteiger partial charge in [0, 0.05) is 14.8 Å². The van der Waals surface area contributed by atoms with Gasteiger partial charge >= 0.3 is 0 Å². The summed E-state index contributed by atoms with van der Waals surface area (Å²) in [7, 11) is -2.33. The van der Waals surface area contributed by atoms with Crippen molar-refractivity contribution in [2.45, 2.75) is 11.8 Å². The maximum Gasteiger partial charge on any atom is 0.262 e. The molecule has 0 aliphatic rings. The van der Waals surface area contributed by atoms with Crippen molar-refractivity contribution in [2.75, 3.05) is 17.1 Å². The number of hydrogen-bond donors (Lipinski definition) is 2. The van der Waals surface area contributed by atoms with Gasteiger partial charge in [-0.3, -0.25) is 9.52 Å². The molecule has 0 fully saturated rings. The Hall–Kier alpha value is -2.59. The largest absolute Gasteiger partial charge is 0.495 e. The summed E-state index contributed by atoms with van der Waals surface area (Å²) >= 11 is 2.17. The van der Waals surface area contributed by atoms with Gasteiger partial charge in [0.05, 0.1) is 17.7 Å². The predicted molar refractivity (Wildman–Crippen MR) is 122 cm³/mol. The normalized spacial score (nSPS) is 11.0. The van der Waals surface area contributed by atoms with E-state index in [4.69, 9.17) is 4.74 Å². The SMILES string of the molecule is COc1ccc(C)cc1NS(=O)(=O)c1ccc(NC(=O)c2ccc(I)cc2)cc1. The maximum atomic E-state index is 12.7. The second kappa shape index (κ2) is 8.83. The molecule has 0 aliphatic carbocycles. The predicted octanol–water partition coefficient (Wildman–Crippen LogP) is 4.66. The Kier molecular flexibility index (Phi) is 6.43.